The van der Waals surface area contributed by atoms with Crippen molar-refractivity contribution in [1.82, 2.24) is 5.32 Å². The van der Waals surface area contributed by atoms with Crippen molar-refractivity contribution in [3.8, 4) is 0 Å². The van der Waals surface area contributed by atoms with Gasteiger partial charge in [0.15, 0.2) is 0 Å². The van der Waals surface area contributed by atoms with Crippen LogP contribution in [0.15, 0.2) is 30.9 Å². The van der Waals surface area contributed by atoms with E-state index < -0.39 is 30.2 Å². The Balaban J connectivity index is 2.88. The molecule has 1 amide bonds. The highest BCUT2D eigenvalue weighted by molar-refractivity contribution is 5.68. The zero-order valence-electron chi connectivity index (χ0n) is 11.9. The molecule has 0 radical (unpaired) electrons. The first kappa shape index (κ1) is 16.1. The van der Waals surface area contributed by atoms with Crippen LogP contribution in [0.2, 0.25) is 0 Å². The highest BCUT2D eigenvalue weighted by Gasteiger charge is 2.19. The van der Waals surface area contributed by atoms with Crippen molar-refractivity contribution >= 4 is 6.09 Å². The molecule has 0 spiro atoms. The van der Waals surface area contributed by atoms with E-state index >= 15 is 0 Å². The first-order valence-electron chi connectivity index (χ1n) is 6.22. The lowest BCUT2D eigenvalue weighted by molar-refractivity contribution is 0.0514. The molecule has 1 unspecified atom stereocenters. The molecule has 0 aliphatic heterocycles. The third kappa shape index (κ3) is 4.99. The summed E-state index contributed by atoms with van der Waals surface area (Å²) in [5.41, 5.74) is -0.0154. The van der Waals surface area contributed by atoms with Crippen molar-refractivity contribution in [2.75, 3.05) is 0 Å². The van der Waals surface area contributed by atoms with Gasteiger partial charge in [0.1, 0.15) is 18.1 Å². The van der Waals surface area contributed by atoms with Crippen LogP contribution in [0, 0.1) is 5.82 Å². The van der Waals surface area contributed by atoms with Gasteiger partial charge in [-0.05, 0) is 44.0 Å². The van der Waals surface area contributed by atoms with Gasteiger partial charge in [-0.2, -0.15) is 0 Å². The Labute approximate surface area is 117 Å². The number of benzene rings is 1. The number of amides is 1. The lowest BCUT2D eigenvalue weighted by Crippen LogP contribution is -2.34. The standard InChI is InChI=1S/C15H19F2NO2/c1-5-13(18-14(19)20-15(2,3)4)11-6-10(9-16)7-12(17)8-11/h5-8,13H,1,9H2,2-4H3,(H,18,19). The number of halogens is 2. The van der Waals surface area contributed by atoms with Crippen LogP contribution in [0.25, 0.3) is 0 Å². The molecule has 1 rings (SSSR count). The summed E-state index contributed by atoms with van der Waals surface area (Å²) in [6.45, 7) is 8.01. The zero-order chi connectivity index (χ0) is 15.3. The highest BCUT2D eigenvalue weighted by Crippen LogP contribution is 2.19. The molecule has 0 saturated carbocycles. The van der Waals surface area contributed by atoms with Gasteiger partial charge in [0.05, 0.1) is 6.04 Å². The first-order valence-corrected chi connectivity index (χ1v) is 6.22. The fourth-order valence-corrected chi connectivity index (χ4v) is 1.64. The molecular weight excluding hydrogens is 264 g/mol. The molecule has 0 saturated heterocycles. The molecule has 0 aliphatic carbocycles. The smallest absolute Gasteiger partial charge is 0.408 e. The van der Waals surface area contributed by atoms with Gasteiger partial charge in [-0.25, -0.2) is 13.6 Å². The number of ether oxygens (including phenoxy) is 1. The topological polar surface area (TPSA) is 38.3 Å². The van der Waals surface area contributed by atoms with Crippen LogP contribution >= 0.6 is 0 Å². The molecule has 0 heterocycles. The maximum Gasteiger partial charge on any atom is 0.408 e. The molecule has 0 fully saturated rings. The van der Waals surface area contributed by atoms with Gasteiger partial charge < -0.3 is 10.1 Å². The fraction of sp³-hybridized carbons (Fsp3) is 0.400. The number of carbonyl (C=O) groups is 1. The Hall–Kier alpha value is -1.91. The largest absolute Gasteiger partial charge is 0.444 e. The molecule has 20 heavy (non-hydrogen) atoms. The van der Waals surface area contributed by atoms with E-state index in [1.807, 2.05) is 0 Å². The number of hydrogen-bond donors (Lipinski definition) is 1. The Kier molecular flexibility index (Phi) is 5.25. The SMILES string of the molecule is C=CC(NC(=O)OC(C)(C)C)c1cc(F)cc(CF)c1. The van der Waals surface area contributed by atoms with Crippen LogP contribution < -0.4 is 5.32 Å². The van der Waals surface area contributed by atoms with Crippen molar-refractivity contribution in [2.45, 2.75) is 39.1 Å². The summed E-state index contributed by atoms with van der Waals surface area (Å²) < 4.78 is 31.1. The third-order valence-corrected chi connectivity index (χ3v) is 2.40. The van der Waals surface area contributed by atoms with Gasteiger partial charge in [0, 0.05) is 0 Å². The third-order valence-electron chi connectivity index (χ3n) is 2.40. The molecule has 1 aromatic carbocycles. The van der Waals surface area contributed by atoms with Gasteiger partial charge >= 0.3 is 6.09 Å². The summed E-state index contributed by atoms with van der Waals surface area (Å²) in [6.07, 6.45) is 0.786. The molecule has 1 atom stereocenters. The number of alkyl carbamates (subject to hydrolysis) is 1. The van der Waals surface area contributed by atoms with Gasteiger partial charge in [0.2, 0.25) is 0 Å². The van der Waals surface area contributed by atoms with Gasteiger partial charge in [-0.15, -0.1) is 6.58 Å². The van der Waals surface area contributed by atoms with E-state index in [1.165, 1.54) is 18.2 Å². The maximum absolute atomic E-state index is 13.4. The normalized spacial score (nSPS) is 12.7. The van der Waals surface area contributed by atoms with E-state index in [2.05, 4.69) is 11.9 Å². The van der Waals surface area contributed by atoms with Gasteiger partial charge in [-0.3, -0.25) is 0 Å². The second kappa shape index (κ2) is 6.50. The first-order chi connectivity index (χ1) is 9.25. The number of hydrogen-bond acceptors (Lipinski definition) is 2. The maximum atomic E-state index is 13.4. The summed E-state index contributed by atoms with van der Waals surface area (Å²) >= 11 is 0. The molecular formula is C15H19F2NO2. The van der Waals surface area contributed by atoms with Crippen molar-refractivity contribution < 1.29 is 18.3 Å². The molecule has 0 aliphatic rings. The minimum absolute atomic E-state index is 0.206. The summed E-state index contributed by atoms with van der Waals surface area (Å²) in [5.74, 6) is -0.562. The lowest BCUT2D eigenvalue weighted by atomic mass is 10.0. The van der Waals surface area contributed by atoms with Crippen molar-refractivity contribution in [2.24, 2.45) is 0 Å². The van der Waals surface area contributed by atoms with Crippen LogP contribution in [-0.2, 0) is 11.4 Å². The Bertz CT molecular complexity index is 495. The second-order valence-corrected chi connectivity index (χ2v) is 5.39. The lowest BCUT2D eigenvalue weighted by Gasteiger charge is -2.22. The average Bonchev–Trinajstić information content (AvgIpc) is 2.32. The van der Waals surface area contributed by atoms with E-state index in [0.717, 1.165) is 6.07 Å². The van der Waals surface area contributed by atoms with Crippen LogP contribution in [0.4, 0.5) is 13.6 Å². The van der Waals surface area contributed by atoms with E-state index in [9.17, 15) is 13.6 Å². The molecule has 1 N–H and O–H groups in total. The van der Waals surface area contributed by atoms with Gasteiger partial charge in [-0.1, -0.05) is 12.1 Å². The summed E-state index contributed by atoms with van der Waals surface area (Å²) in [5, 5.41) is 2.55. The number of carbonyl (C=O) groups excluding carboxylic acids is 1. The van der Waals surface area contributed by atoms with Crippen LogP contribution in [0.3, 0.4) is 0 Å². The van der Waals surface area contributed by atoms with E-state index in [-0.39, 0.29) is 5.56 Å². The monoisotopic (exact) mass is 283 g/mol. The zero-order valence-corrected chi connectivity index (χ0v) is 11.9. The van der Waals surface area contributed by atoms with Gasteiger partial charge in [0.25, 0.3) is 0 Å². The van der Waals surface area contributed by atoms with Crippen molar-refractivity contribution in [1.29, 1.82) is 0 Å². The molecule has 110 valence electrons. The second-order valence-electron chi connectivity index (χ2n) is 5.39. The van der Waals surface area contributed by atoms with Crippen LogP contribution in [0.5, 0.6) is 0 Å². The van der Waals surface area contributed by atoms with Crippen LogP contribution in [0.1, 0.15) is 37.9 Å². The predicted molar refractivity (Wildman–Crippen MR) is 73.5 cm³/mol. The average molecular weight is 283 g/mol. The number of nitrogens with one attached hydrogen (secondary N) is 1. The highest BCUT2D eigenvalue weighted by atomic mass is 19.1. The quantitative estimate of drug-likeness (QED) is 0.847. The molecule has 1 aromatic rings. The fourth-order valence-electron chi connectivity index (χ4n) is 1.64. The minimum atomic E-state index is -0.777. The summed E-state index contributed by atoms with van der Waals surface area (Å²) in [7, 11) is 0. The molecule has 0 aromatic heterocycles. The Morgan fingerprint density at radius 2 is 2.10 bits per heavy atom. The predicted octanol–water partition coefficient (Wildman–Crippen LogP) is 4.05. The van der Waals surface area contributed by atoms with E-state index in [4.69, 9.17) is 4.74 Å². The van der Waals surface area contributed by atoms with Crippen molar-refractivity contribution in [3.63, 3.8) is 0 Å². The summed E-state index contributed by atoms with van der Waals surface area (Å²) in [4.78, 5) is 11.7. The molecule has 0 bridgehead atoms. The van der Waals surface area contributed by atoms with Crippen molar-refractivity contribution in [3.05, 3.63) is 47.8 Å². The van der Waals surface area contributed by atoms with E-state index in [1.54, 1.807) is 20.8 Å². The van der Waals surface area contributed by atoms with Crippen LogP contribution in [-0.4, -0.2) is 11.7 Å². The molecule has 5 heteroatoms. The minimum Gasteiger partial charge on any atom is -0.444 e. The summed E-state index contributed by atoms with van der Waals surface area (Å²) in [6, 6.07) is 3.16. The Morgan fingerprint density at radius 3 is 2.60 bits per heavy atom. The number of rotatable bonds is 4. The Morgan fingerprint density at radius 1 is 1.45 bits per heavy atom. The van der Waals surface area contributed by atoms with E-state index in [0.29, 0.717) is 5.56 Å². The number of alkyl halides is 1. The molecule has 3 nitrogen and oxygen atoms in total.